The minimum atomic E-state index is -0.311. The zero-order chi connectivity index (χ0) is 16.2. The molecule has 0 aliphatic rings. The number of ether oxygens (including phenoxy) is 1. The molecular formula is C15H11Cl2FN4O. The lowest BCUT2D eigenvalue weighted by atomic mass is 10.2. The van der Waals surface area contributed by atoms with E-state index in [1.807, 2.05) is 0 Å². The first-order valence-corrected chi connectivity index (χ1v) is 7.49. The van der Waals surface area contributed by atoms with Gasteiger partial charge in [-0.25, -0.2) is 4.39 Å². The molecule has 3 aromatic rings. The fourth-order valence-electron chi connectivity index (χ4n) is 1.88. The molecule has 0 aliphatic carbocycles. The fourth-order valence-corrected chi connectivity index (χ4v) is 2.35. The maximum atomic E-state index is 12.9. The third-order valence-corrected chi connectivity index (χ3v) is 3.53. The van der Waals surface area contributed by atoms with Crippen LogP contribution in [0, 0.1) is 5.82 Å². The zero-order valence-electron chi connectivity index (χ0n) is 11.8. The summed E-state index contributed by atoms with van der Waals surface area (Å²) in [4.78, 5) is 1.41. The Morgan fingerprint density at radius 1 is 1.09 bits per heavy atom. The molecule has 0 saturated heterocycles. The standard InChI is InChI=1S/C15H11Cl2FN4O/c16-11-3-6-14(13(17)9-11)23-8-7-22-20-15(19-21-22)10-1-4-12(18)5-2-10/h1-6,9H,7-8H2. The van der Waals surface area contributed by atoms with Gasteiger partial charge in [0.2, 0.25) is 5.82 Å². The lowest BCUT2D eigenvalue weighted by molar-refractivity contribution is 0.280. The zero-order valence-corrected chi connectivity index (χ0v) is 13.3. The van der Waals surface area contributed by atoms with Crippen LogP contribution in [0.1, 0.15) is 0 Å². The number of nitrogens with zero attached hydrogens (tertiary/aromatic N) is 4. The monoisotopic (exact) mass is 352 g/mol. The number of tetrazole rings is 1. The highest BCUT2D eigenvalue weighted by atomic mass is 35.5. The first-order chi connectivity index (χ1) is 11.1. The predicted octanol–water partition coefficient (Wildman–Crippen LogP) is 3.87. The number of benzene rings is 2. The Hall–Kier alpha value is -2.18. The summed E-state index contributed by atoms with van der Waals surface area (Å²) < 4.78 is 18.5. The quantitative estimate of drug-likeness (QED) is 0.699. The van der Waals surface area contributed by atoms with Crippen molar-refractivity contribution in [1.82, 2.24) is 20.2 Å². The van der Waals surface area contributed by atoms with Crippen LogP contribution in [0.5, 0.6) is 5.75 Å². The summed E-state index contributed by atoms with van der Waals surface area (Å²) in [5, 5.41) is 13.1. The molecule has 0 atom stereocenters. The lowest BCUT2D eigenvalue weighted by Crippen LogP contribution is -2.11. The van der Waals surface area contributed by atoms with Crippen LogP contribution in [-0.4, -0.2) is 26.8 Å². The molecule has 0 fully saturated rings. The maximum Gasteiger partial charge on any atom is 0.204 e. The number of aromatic nitrogens is 4. The van der Waals surface area contributed by atoms with E-state index in [0.29, 0.717) is 40.3 Å². The van der Waals surface area contributed by atoms with Gasteiger partial charge in [-0.05, 0) is 47.7 Å². The van der Waals surface area contributed by atoms with Crippen LogP contribution in [0.2, 0.25) is 10.0 Å². The highest BCUT2D eigenvalue weighted by molar-refractivity contribution is 6.35. The van der Waals surface area contributed by atoms with E-state index in [4.69, 9.17) is 27.9 Å². The fraction of sp³-hybridized carbons (Fsp3) is 0.133. The second kappa shape index (κ2) is 6.93. The van der Waals surface area contributed by atoms with Crippen molar-refractivity contribution in [2.24, 2.45) is 0 Å². The molecule has 0 N–H and O–H groups in total. The topological polar surface area (TPSA) is 52.8 Å². The second-order valence-electron chi connectivity index (χ2n) is 4.64. The van der Waals surface area contributed by atoms with Crippen LogP contribution in [0.25, 0.3) is 11.4 Å². The van der Waals surface area contributed by atoms with Gasteiger partial charge >= 0.3 is 0 Å². The van der Waals surface area contributed by atoms with E-state index in [0.717, 1.165) is 0 Å². The number of halogens is 3. The van der Waals surface area contributed by atoms with Crippen molar-refractivity contribution in [1.29, 1.82) is 0 Å². The van der Waals surface area contributed by atoms with Gasteiger partial charge in [-0.2, -0.15) is 4.80 Å². The average molecular weight is 353 g/mol. The van der Waals surface area contributed by atoms with E-state index in [1.54, 1.807) is 30.3 Å². The molecule has 5 nitrogen and oxygen atoms in total. The van der Waals surface area contributed by atoms with Crippen molar-refractivity contribution < 1.29 is 9.13 Å². The van der Waals surface area contributed by atoms with E-state index in [9.17, 15) is 4.39 Å². The first-order valence-electron chi connectivity index (χ1n) is 6.73. The van der Waals surface area contributed by atoms with Gasteiger partial charge in [0.15, 0.2) is 0 Å². The third kappa shape index (κ3) is 3.97. The Kier molecular flexibility index (Phi) is 4.73. The molecule has 1 heterocycles. The lowest BCUT2D eigenvalue weighted by Gasteiger charge is -2.07. The molecule has 8 heteroatoms. The summed E-state index contributed by atoms with van der Waals surface area (Å²) in [6.07, 6.45) is 0. The van der Waals surface area contributed by atoms with Crippen molar-refractivity contribution in [3.63, 3.8) is 0 Å². The number of hydrogen-bond donors (Lipinski definition) is 0. The van der Waals surface area contributed by atoms with Crippen LogP contribution in [0.3, 0.4) is 0 Å². The largest absolute Gasteiger partial charge is 0.490 e. The predicted molar refractivity (Wildman–Crippen MR) is 85.2 cm³/mol. The van der Waals surface area contributed by atoms with E-state index in [-0.39, 0.29) is 5.82 Å². The molecule has 1 aromatic heterocycles. The van der Waals surface area contributed by atoms with Crippen LogP contribution in [0.15, 0.2) is 42.5 Å². The van der Waals surface area contributed by atoms with Crippen LogP contribution < -0.4 is 4.74 Å². The summed E-state index contributed by atoms with van der Waals surface area (Å²) in [5.41, 5.74) is 0.694. The summed E-state index contributed by atoms with van der Waals surface area (Å²) >= 11 is 11.8. The maximum absolute atomic E-state index is 12.9. The van der Waals surface area contributed by atoms with Gasteiger partial charge in [-0.3, -0.25) is 0 Å². The van der Waals surface area contributed by atoms with Gasteiger partial charge in [0.25, 0.3) is 0 Å². The van der Waals surface area contributed by atoms with Crippen molar-refractivity contribution in [3.05, 3.63) is 58.3 Å². The van der Waals surface area contributed by atoms with Crippen molar-refractivity contribution in [3.8, 4) is 17.1 Å². The average Bonchev–Trinajstić information content (AvgIpc) is 2.99. The molecule has 118 valence electrons. The normalized spacial score (nSPS) is 10.7. The Bertz CT molecular complexity index is 807. The Morgan fingerprint density at radius 2 is 1.87 bits per heavy atom. The molecule has 3 rings (SSSR count). The van der Waals surface area contributed by atoms with Crippen molar-refractivity contribution in [2.45, 2.75) is 6.54 Å². The molecule has 0 spiro atoms. The van der Waals surface area contributed by atoms with E-state index in [1.165, 1.54) is 16.9 Å². The van der Waals surface area contributed by atoms with Crippen molar-refractivity contribution in [2.75, 3.05) is 6.61 Å². The van der Waals surface area contributed by atoms with Crippen LogP contribution in [-0.2, 0) is 6.54 Å². The van der Waals surface area contributed by atoms with Gasteiger partial charge < -0.3 is 4.74 Å². The SMILES string of the molecule is Fc1ccc(-c2nnn(CCOc3ccc(Cl)cc3Cl)n2)cc1. The highest BCUT2D eigenvalue weighted by Gasteiger charge is 2.07. The Morgan fingerprint density at radius 3 is 2.61 bits per heavy atom. The number of rotatable bonds is 5. The summed E-state index contributed by atoms with van der Waals surface area (Å²) in [5.74, 6) is 0.652. The highest BCUT2D eigenvalue weighted by Crippen LogP contribution is 2.27. The molecule has 23 heavy (non-hydrogen) atoms. The minimum Gasteiger partial charge on any atom is -0.490 e. The van der Waals surface area contributed by atoms with E-state index < -0.39 is 0 Å². The second-order valence-corrected chi connectivity index (χ2v) is 5.48. The molecule has 0 amide bonds. The third-order valence-electron chi connectivity index (χ3n) is 3.00. The molecule has 0 bridgehead atoms. The molecule has 0 unspecified atom stereocenters. The van der Waals surface area contributed by atoms with Gasteiger partial charge in [0.1, 0.15) is 18.2 Å². The van der Waals surface area contributed by atoms with Crippen LogP contribution >= 0.6 is 23.2 Å². The summed E-state index contributed by atoms with van der Waals surface area (Å²) in [7, 11) is 0. The van der Waals surface area contributed by atoms with Gasteiger partial charge in [0, 0.05) is 10.6 Å². The van der Waals surface area contributed by atoms with Gasteiger partial charge in [0.05, 0.1) is 11.6 Å². The molecule has 2 aromatic carbocycles. The first kappa shape index (κ1) is 15.7. The summed E-state index contributed by atoms with van der Waals surface area (Å²) in [6, 6.07) is 10.9. The summed E-state index contributed by atoms with van der Waals surface area (Å²) in [6.45, 7) is 0.716. The van der Waals surface area contributed by atoms with Gasteiger partial charge in [-0.15, -0.1) is 10.2 Å². The Labute approximate surface area is 141 Å². The Balaban J connectivity index is 1.60. The van der Waals surface area contributed by atoms with Gasteiger partial charge in [-0.1, -0.05) is 23.2 Å². The molecule has 0 aliphatic heterocycles. The molecule has 0 saturated carbocycles. The van der Waals surface area contributed by atoms with Crippen LogP contribution in [0.4, 0.5) is 4.39 Å². The molecular weight excluding hydrogens is 342 g/mol. The van der Waals surface area contributed by atoms with E-state index in [2.05, 4.69) is 15.4 Å². The van der Waals surface area contributed by atoms with E-state index >= 15 is 0 Å². The number of hydrogen-bond acceptors (Lipinski definition) is 4. The molecule has 0 radical (unpaired) electrons. The smallest absolute Gasteiger partial charge is 0.204 e. The minimum absolute atomic E-state index is 0.311. The van der Waals surface area contributed by atoms with Crippen molar-refractivity contribution >= 4 is 23.2 Å².